The summed E-state index contributed by atoms with van der Waals surface area (Å²) >= 11 is 0. The van der Waals surface area contributed by atoms with Crippen LogP contribution in [-0.4, -0.2) is 24.9 Å². The number of benzene rings is 1. The number of hydrogen-bond acceptors (Lipinski definition) is 3. The second kappa shape index (κ2) is 3.58. The van der Waals surface area contributed by atoms with E-state index in [1.165, 1.54) is 5.56 Å². The third-order valence-electron chi connectivity index (χ3n) is 3.61. The predicted molar refractivity (Wildman–Crippen MR) is 63.5 cm³/mol. The van der Waals surface area contributed by atoms with Gasteiger partial charge in [-0.3, -0.25) is 14.9 Å². The molecule has 4 nitrogen and oxygen atoms in total. The summed E-state index contributed by atoms with van der Waals surface area (Å²) in [5.41, 5.74) is 2.29. The Morgan fingerprint density at radius 2 is 1.82 bits per heavy atom. The van der Waals surface area contributed by atoms with E-state index in [2.05, 4.69) is 16.3 Å². The minimum absolute atomic E-state index is 0.116. The van der Waals surface area contributed by atoms with Crippen LogP contribution in [0.2, 0.25) is 0 Å². The van der Waals surface area contributed by atoms with Gasteiger partial charge in [-0.2, -0.15) is 0 Å². The maximum absolute atomic E-state index is 11.6. The quantitative estimate of drug-likeness (QED) is 0.723. The number of aryl methyl sites for hydroxylation is 1. The number of imide groups is 1. The fourth-order valence-corrected chi connectivity index (χ4v) is 2.68. The smallest absolute Gasteiger partial charge is 0.232 e. The van der Waals surface area contributed by atoms with Gasteiger partial charge in [0.25, 0.3) is 0 Å². The number of amides is 2. The monoisotopic (exact) mass is 230 g/mol. The van der Waals surface area contributed by atoms with Crippen molar-refractivity contribution in [3.8, 4) is 0 Å². The molecule has 17 heavy (non-hydrogen) atoms. The molecule has 0 bridgehead atoms. The number of hydrogen-bond donors (Lipinski definition) is 1. The lowest BCUT2D eigenvalue weighted by atomic mass is 10.00. The highest BCUT2D eigenvalue weighted by atomic mass is 16.2. The molecule has 0 radical (unpaired) electrons. The van der Waals surface area contributed by atoms with Gasteiger partial charge in [-0.1, -0.05) is 12.1 Å². The molecule has 2 heterocycles. The lowest BCUT2D eigenvalue weighted by molar-refractivity contribution is -0.126. The molecule has 2 aliphatic rings. The summed E-state index contributed by atoms with van der Waals surface area (Å²) < 4.78 is 0. The fraction of sp³-hybridized carbons (Fsp3) is 0.385. The van der Waals surface area contributed by atoms with E-state index in [4.69, 9.17) is 0 Å². The van der Waals surface area contributed by atoms with Gasteiger partial charge in [0.2, 0.25) is 11.8 Å². The lowest BCUT2D eigenvalue weighted by Gasteiger charge is -2.19. The molecule has 0 aromatic heterocycles. The summed E-state index contributed by atoms with van der Waals surface area (Å²) in [6.45, 7) is 3.33. The largest absolute Gasteiger partial charge is 0.370 e. The Hall–Kier alpha value is -1.84. The van der Waals surface area contributed by atoms with Crippen LogP contribution in [0.25, 0.3) is 0 Å². The van der Waals surface area contributed by atoms with Crippen LogP contribution in [0.3, 0.4) is 0 Å². The number of carbonyl (C=O) groups is 2. The van der Waals surface area contributed by atoms with Crippen LogP contribution in [-0.2, 0) is 9.59 Å². The first kappa shape index (κ1) is 10.3. The summed E-state index contributed by atoms with van der Waals surface area (Å²) in [7, 11) is 0. The Labute approximate surface area is 99.6 Å². The lowest BCUT2D eigenvalue weighted by Crippen LogP contribution is -2.31. The maximum atomic E-state index is 11.6. The predicted octanol–water partition coefficient (Wildman–Crippen LogP) is 0.704. The summed E-state index contributed by atoms with van der Waals surface area (Å²) in [5.74, 6) is -0.559. The highest BCUT2D eigenvalue weighted by Gasteiger charge is 2.47. The molecule has 2 saturated heterocycles. The molecule has 2 aliphatic heterocycles. The van der Waals surface area contributed by atoms with Crippen LogP contribution in [0.1, 0.15) is 5.56 Å². The van der Waals surface area contributed by atoms with Crippen molar-refractivity contribution in [2.45, 2.75) is 6.92 Å². The topological polar surface area (TPSA) is 49.4 Å². The molecule has 4 heteroatoms. The SMILES string of the molecule is Cc1cccc(N2C[C@@H]3C(=O)NC(=O)[C@@H]3C2)c1. The van der Waals surface area contributed by atoms with Crippen molar-refractivity contribution in [2.75, 3.05) is 18.0 Å². The second-order valence-corrected chi connectivity index (χ2v) is 4.81. The standard InChI is InChI=1S/C13H14N2O2/c1-8-3-2-4-9(5-8)15-6-10-11(7-15)13(17)14-12(10)16/h2-5,10-11H,6-7H2,1H3,(H,14,16,17)/t10-,11+. The molecule has 1 aromatic carbocycles. The zero-order valence-corrected chi connectivity index (χ0v) is 9.64. The van der Waals surface area contributed by atoms with Gasteiger partial charge in [0, 0.05) is 18.8 Å². The number of carbonyl (C=O) groups excluding carboxylic acids is 2. The Morgan fingerprint density at radius 3 is 2.41 bits per heavy atom. The zero-order chi connectivity index (χ0) is 12.0. The molecule has 2 fully saturated rings. The van der Waals surface area contributed by atoms with Crippen molar-refractivity contribution in [3.05, 3.63) is 29.8 Å². The summed E-state index contributed by atoms with van der Waals surface area (Å²) in [6.07, 6.45) is 0. The third-order valence-corrected chi connectivity index (χ3v) is 3.61. The maximum Gasteiger partial charge on any atom is 0.232 e. The first-order valence-corrected chi connectivity index (χ1v) is 5.81. The molecule has 2 amide bonds. The van der Waals surface area contributed by atoms with Gasteiger partial charge in [-0.05, 0) is 24.6 Å². The van der Waals surface area contributed by atoms with Gasteiger partial charge in [0.05, 0.1) is 11.8 Å². The molecule has 0 unspecified atom stereocenters. The Morgan fingerprint density at radius 1 is 1.18 bits per heavy atom. The third kappa shape index (κ3) is 1.60. The van der Waals surface area contributed by atoms with Crippen molar-refractivity contribution in [1.82, 2.24) is 5.32 Å². The van der Waals surface area contributed by atoms with E-state index in [0.29, 0.717) is 13.1 Å². The van der Waals surface area contributed by atoms with Gasteiger partial charge in [-0.25, -0.2) is 0 Å². The van der Waals surface area contributed by atoms with Gasteiger partial charge < -0.3 is 4.90 Å². The molecular weight excluding hydrogens is 216 g/mol. The number of rotatable bonds is 1. The molecule has 2 atom stereocenters. The summed E-state index contributed by atoms with van der Waals surface area (Å²) in [5, 5.41) is 2.40. The van der Waals surface area contributed by atoms with Gasteiger partial charge in [0.1, 0.15) is 0 Å². The van der Waals surface area contributed by atoms with Crippen molar-refractivity contribution < 1.29 is 9.59 Å². The van der Waals surface area contributed by atoms with Crippen LogP contribution >= 0.6 is 0 Å². The number of fused-ring (bicyclic) bond motifs is 1. The van der Waals surface area contributed by atoms with Crippen molar-refractivity contribution >= 4 is 17.5 Å². The van der Waals surface area contributed by atoms with Crippen LogP contribution in [0.15, 0.2) is 24.3 Å². The van der Waals surface area contributed by atoms with Crippen LogP contribution < -0.4 is 10.2 Å². The first-order valence-electron chi connectivity index (χ1n) is 5.81. The minimum Gasteiger partial charge on any atom is -0.370 e. The molecule has 88 valence electrons. The Bertz CT molecular complexity index is 476. The van der Waals surface area contributed by atoms with E-state index in [0.717, 1.165) is 5.69 Å². The molecule has 0 aliphatic carbocycles. The van der Waals surface area contributed by atoms with E-state index >= 15 is 0 Å². The van der Waals surface area contributed by atoms with Crippen molar-refractivity contribution in [1.29, 1.82) is 0 Å². The van der Waals surface area contributed by atoms with Crippen LogP contribution in [0.5, 0.6) is 0 Å². The van der Waals surface area contributed by atoms with E-state index in [-0.39, 0.29) is 23.7 Å². The van der Waals surface area contributed by atoms with E-state index in [1.807, 2.05) is 25.1 Å². The Kier molecular flexibility index (Phi) is 2.18. The van der Waals surface area contributed by atoms with Crippen LogP contribution in [0, 0.1) is 18.8 Å². The van der Waals surface area contributed by atoms with E-state index in [1.54, 1.807) is 0 Å². The summed E-state index contributed by atoms with van der Waals surface area (Å²) in [4.78, 5) is 25.2. The summed E-state index contributed by atoms with van der Waals surface area (Å²) in [6, 6.07) is 8.15. The van der Waals surface area contributed by atoms with Crippen molar-refractivity contribution in [3.63, 3.8) is 0 Å². The average molecular weight is 230 g/mol. The van der Waals surface area contributed by atoms with E-state index < -0.39 is 0 Å². The van der Waals surface area contributed by atoms with Crippen LogP contribution in [0.4, 0.5) is 5.69 Å². The molecule has 0 saturated carbocycles. The molecule has 1 N–H and O–H groups in total. The second-order valence-electron chi connectivity index (χ2n) is 4.81. The number of anilines is 1. The van der Waals surface area contributed by atoms with Gasteiger partial charge in [0.15, 0.2) is 0 Å². The van der Waals surface area contributed by atoms with E-state index in [9.17, 15) is 9.59 Å². The number of nitrogens with one attached hydrogen (secondary N) is 1. The van der Waals surface area contributed by atoms with Gasteiger partial charge in [-0.15, -0.1) is 0 Å². The van der Waals surface area contributed by atoms with Crippen molar-refractivity contribution in [2.24, 2.45) is 11.8 Å². The molecule has 0 spiro atoms. The zero-order valence-electron chi connectivity index (χ0n) is 9.64. The Balaban J connectivity index is 1.85. The highest BCUT2D eigenvalue weighted by molar-refractivity contribution is 6.06. The highest BCUT2D eigenvalue weighted by Crippen LogP contribution is 2.31. The number of nitrogens with zero attached hydrogens (tertiary/aromatic N) is 1. The van der Waals surface area contributed by atoms with Gasteiger partial charge >= 0.3 is 0 Å². The minimum atomic E-state index is -0.164. The normalized spacial score (nSPS) is 27.2. The average Bonchev–Trinajstić information content (AvgIpc) is 2.82. The molecule has 1 aromatic rings. The molecule has 3 rings (SSSR count). The first-order chi connectivity index (χ1) is 8.15. The fourth-order valence-electron chi connectivity index (χ4n) is 2.68. The molecular formula is C13H14N2O2.